The maximum atomic E-state index is 12.6. The van der Waals surface area contributed by atoms with Crippen LogP contribution < -0.4 is 16.6 Å². The molecule has 1 atom stereocenters. The highest BCUT2D eigenvalue weighted by Gasteiger charge is 2.20. The van der Waals surface area contributed by atoms with Gasteiger partial charge in [0.15, 0.2) is 15.9 Å². The van der Waals surface area contributed by atoms with Gasteiger partial charge in [-0.3, -0.25) is 13.9 Å². The van der Waals surface area contributed by atoms with Gasteiger partial charge in [-0.25, -0.2) is 9.78 Å². The second kappa shape index (κ2) is 6.21. The van der Waals surface area contributed by atoms with E-state index in [1.165, 1.54) is 4.57 Å². The minimum Gasteiger partial charge on any atom is -0.390 e. The number of rotatable bonds is 4. The van der Waals surface area contributed by atoms with Gasteiger partial charge in [0, 0.05) is 26.2 Å². The lowest BCUT2D eigenvalue weighted by molar-refractivity contribution is 0.139. The number of aromatic nitrogens is 4. The van der Waals surface area contributed by atoms with E-state index in [0.29, 0.717) is 15.9 Å². The molecule has 0 amide bonds. The van der Waals surface area contributed by atoms with Crippen LogP contribution in [0.25, 0.3) is 11.2 Å². The highest BCUT2D eigenvalue weighted by molar-refractivity contribution is 9.10. The molecule has 0 aliphatic heterocycles. The summed E-state index contributed by atoms with van der Waals surface area (Å²) in [6.45, 7) is 6.14. The van der Waals surface area contributed by atoms with E-state index >= 15 is 0 Å². The maximum absolute atomic E-state index is 12.6. The van der Waals surface area contributed by atoms with Gasteiger partial charge in [-0.1, -0.05) is 0 Å². The van der Waals surface area contributed by atoms with Crippen molar-refractivity contribution in [2.45, 2.75) is 39.0 Å². The van der Waals surface area contributed by atoms with Crippen LogP contribution in [0.15, 0.2) is 14.3 Å². The molecule has 0 aliphatic carbocycles. The lowest BCUT2D eigenvalue weighted by Gasteiger charge is -2.23. The molecular formula is C14H22BrN5O3. The first-order chi connectivity index (χ1) is 10.5. The van der Waals surface area contributed by atoms with E-state index in [-0.39, 0.29) is 18.6 Å². The number of aliphatic hydroxyl groups excluding tert-OH is 1. The van der Waals surface area contributed by atoms with Crippen LogP contribution >= 0.6 is 15.9 Å². The van der Waals surface area contributed by atoms with Crippen LogP contribution in [0.3, 0.4) is 0 Å². The average Bonchev–Trinajstić information content (AvgIpc) is 2.74. The van der Waals surface area contributed by atoms with Crippen LogP contribution in [-0.2, 0) is 20.6 Å². The molecule has 128 valence electrons. The fraction of sp³-hybridized carbons (Fsp3) is 0.643. The average molecular weight is 388 g/mol. The predicted octanol–water partition coefficient (Wildman–Crippen LogP) is -0.0548. The molecule has 1 unspecified atom stereocenters. The molecule has 0 aliphatic rings. The van der Waals surface area contributed by atoms with Gasteiger partial charge in [-0.15, -0.1) is 0 Å². The third-order valence-corrected chi connectivity index (χ3v) is 4.28. The largest absolute Gasteiger partial charge is 0.390 e. The smallest absolute Gasteiger partial charge is 0.332 e. The zero-order valence-corrected chi connectivity index (χ0v) is 15.5. The molecule has 2 heterocycles. The minimum atomic E-state index is -0.853. The van der Waals surface area contributed by atoms with Gasteiger partial charge in [0.25, 0.3) is 5.56 Å². The lowest BCUT2D eigenvalue weighted by Crippen LogP contribution is -2.46. The molecule has 2 aromatic heterocycles. The summed E-state index contributed by atoms with van der Waals surface area (Å²) in [5.41, 5.74) is -0.488. The fourth-order valence-corrected chi connectivity index (χ4v) is 2.62. The number of β-amino-alcohol motifs (C(OH)–C–C–N with tert-alkyl or cyclic N) is 1. The van der Waals surface area contributed by atoms with Crippen LogP contribution in [0.4, 0.5) is 0 Å². The van der Waals surface area contributed by atoms with Crippen LogP contribution in [0.1, 0.15) is 20.8 Å². The third-order valence-electron chi connectivity index (χ3n) is 3.57. The quantitative estimate of drug-likeness (QED) is 0.717. The number of fused-ring (bicyclic) bond motifs is 1. The van der Waals surface area contributed by atoms with E-state index < -0.39 is 17.4 Å². The summed E-state index contributed by atoms with van der Waals surface area (Å²) in [6.07, 6.45) is -0.853. The van der Waals surface area contributed by atoms with Crippen molar-refractivity contribution >= 4 is 27.1 Å². The lowest BCUT2D eigenvalue weighted by atomic mass is 10.1. The Morgan fingerprint density at radius 1 is 1.26 bits per heavy atom. The van der Waals surface area contributed by atoms with Crippen molar-refractivity contribution in [3.8, 4) is 0 Å². The second-order valence-corrected chi connectivity index (χ2v) is 7.36. The van der Waals surface area contributed by atoms with Crippen molar-refractivity contribution in [3.05, 3.63) is 25.6 Å². The molecule has 8 nitrogen and oxygen atoms in total. The van der Waals surface area contributed by atoms with Gasteiger partial charge in [0.2, 0.25) is 0 Å². The number of halogens is 1. The molecular weight excluding hydrogens is 366 g/mol. The van der Waals surface area contributed by atoms with Crippen molar-refractivity contribution in [2.75, 3.05) is 6.54 Å². The van der Waals surface area contributed by atoms with E-state index in [1.54, 1.807) is 18.7 Å². The number of nitrogens with one attached hydrogen (secondary N) is 1. The van der Waals surface area contributed by atoms with Gasteiger partial charge in [0.05, 0.1) is 12.6 Å². The Hall–Kier alpha value is -1.45. The molecule has 2 N–H and O–H groups in total. The first-order valence-electron chi connectivity index (χ1n) is 7.27. The van der Waals surface area contributed by atoms with Crippen molar-refractivity contribution in [3.63, 3.8) is 0 Å². The Labute approximate surface area is 141 Å². The van der Waals surface area contributed by atoms with Crippen molar-refractivity contribution in [2.24, 2.45) is 14.1 Å². The van der Waals surface area contributed by atoms with E-state index in [4.69, 9.17) is 0 Å². The fourth-order valence-electron chi connectivity index (χ4n) is 2.28. The molecule has 9 heteroatoms. The third kappa shape index (κ3) is 3.56. The Kier molecular flexibility index (Phi) is 4.84. The molecule has 0 saturated heterocycles. The summed E-state index contributed by atoms with van der Waals surface area (Å²) in [5, 5.41) is 13.3. The first-order valence-corrected chi connectivity index (χ1v) is 8.07. The molecule has 0 aromatic carbocycles. The number of hydrogen-bond donors (Lipinski definition) is 2. The maximum Gasteiger partial charge on any atom is 0.332 e. The zero-order valence-electron chi connectivity index (χ0n) is 13.9. The summed E-state index contributed by atoms with van der Waals surface area (Å²) < 4.78 is 4.40. The van der Waals surface area contributed by atoms with E-state index in [1.807, 2.05) is 20.8 Å². The van der Waals surface area contributed by atoms with E-state index in [0.717, 1.165) is 4.57 Å². The summed E-state index contributed by atoms with van der Waals surface area (Å²) in [5.74, 6) is 0. The van der Waals surface area contributed by atoms with Gasteiger partial charge >= 0.3 is 5.69 Å². The molecule has 2 rings (SSSR count). The van der Waals surface area contributed by atoms with Gasteiger partial charge in [0.1, 0.15) is 0 Å². The predicted molar refractivity (Wildman–Crippen MR) is 91.7 cm³/mol. The monoisotopic (exact) mass is 387 g/mol. The Morgan fingerprint density at radius 2 is 1.87 bits per heavy atom. The summed E-state index contributed by atoms with van der Waals surface area (Å²) in [6, 6.07) is 0. The Balaban J connectivity index is 2.44. The molecule has 0 spiro atoms. The number of imidazole rings is 1. The van der Waals surface area contributed by atoms with Gasteiger partial charge < -0.3 is 15.0 Å². The Bertz CT molecular complexity index is 843. The van der Waals surface area contributed by atoms with Gasteiger partial charge in [-0.05, 0) is 36.7 Å². The summed E-state index contributed by atoms with van der Waals surface area (Å²) in [7, 11) is 3.24. The molecule has 0 bridgehead atoms. The normalized spacial score (nSPS) is 13.7. The van der Waals surface area contributed by atoms with Crippen LogP contribution in [0.2, 0.25) is 0 Å². The van der Waals surface area contributed by atoms with Crippen molar-refractivity contribution < 1.29 is 5.11 Å². The molecule has 23 heavy (non-hydrogen) atoms. The van der Waals surface area contributed by atoms with Crippen LogP contribution in [0.5, 0.6) is 0 Å². The summed E-state index contributed by atoms with van der Waals surface area (Å²) in [4.78, 5) is 29.2. The molecule has 0 fully saturated rings. The van der Waals surface area contributed by atoms with Crippen molar-refractivity contribution in [1.29, 1.82) is 0 Å². The van der Waals surface area contributed by atoms with E-state index in [2.05, 4.69) is 26.2 Å². The van der Waals surface area contributed by atoms with Crippen LogP contribution in [0, 0.1) is 0 Å². The second-order valence-electron chi connectivity index (χ2n) is 6.65. The van der Waals surface area contributed by atoms with Crippen LogP contribution in [-0.4, -0.2) is 42.0 Å². The highest BCUT2D eigenvalue weighted by Crippen LogP contribution is 2.13. The van der Waals surface area contributed by atoms with E-state index in [9.17, 15) is 14.7 Å². The Morgan fingerprint density at radius 3 is 2.43 bits per heavy atom. The SMILES string of the molecule is Cn1c(Br)nc2c1c(=O)n(CC(O)CNC(C)(C)C)c(=O)n2C. The zero-order chi connectivity index (χ0) is 17.5. The highest BCUT2D eigenvalue weighted by atomic mass is 79.9. The topological polar surface area (TPSA) is 94.1 Å². The minimum absolute atomic E-state index is 0.0761. The number of aliphatic hydroxyl groups is 1. The molecule has 0 radical (unpaired) electrons. The number of aryl methyl sites for hydroxylation is 2. The summed E-state index contributed by atoms with van der Waals surface area (Å²) >= 11 is 3.25. The number of nitrogens with zero attached hydrogens (tertiary/aromatic N) is 4. The first kappa shape index (κ1) is 17.9. The molecule has 2 aromatic rings. The molecule has 0 saturated carbocycles. The van der Waals surface area contributed by atoms with Gasteiger partial charge in [-0.2, -0.15) is 0 Å². The number of hydrogen-bond acceptors (Lipinski definition) is 5. The van der Waals surface area contributed by atoms with Crippen molar-refractivity contribution in [1.82, 2.24) is 24.0 Å². The standard InChI is InChI=1S/C14H22BrN5O3/c1-14(2,3)16-6-8(21)7-20-11(22)9-10(19(5)13(20)23)17-12(15)18(9)4/h8,16,21H,6-7H2,1-5H3.